The van der Waals surface area contributed by atoms with Gasteiger partial charge in [0.1, 0.15) is 17.2 Å². The van der Waals surface area contributed by atoms with Crippen LogP contribution in [0, 0.1) is 0 Å². The summed E-state index contributed by atoms with van der Waals surface area (Å²) in [6, 6.07) is 25.8. The van der Waals surface area contributed by atoms with E-state index in [1.165, 1.54) is 0 Å². The average Bonchev–Trinajstić information content (AvgIpc) is 2.68. The lowest BCUT2D eigenvalue weighted by atomic mass is 9.86. The summed E-state index contributed by atoms with van der Waals surface area (Å²) in [4.78, 5) is 0. The van der Waals surface area contributed by atoms with E-state index in [0.717, 1.165) is 22.6 Å². The maximum atomic E-state index is 6.37. The van der Waals surface area contributed by atoms with Crippen LogP contribution in [0.25, 0.3) is 0 Å². The van der Waals surface area contributed by atoms with Gasteiger partial charge in [0.15, 0.2) is 0 Å². The van der Waals surface area contributed by atoms with Gasteiger partial charge in [0.2, 0.25) is 0 Å². The van der Waals surface area contributed by atoms with Crippen LogP contribution in [0.15, 0.2) is 78.9 Å². The first-order chi connectivity index (χ1) is 14.1. The zero-order valence-electron chi connectivity index (χ0n) is 18.7. The Hall–Kier alpha value is -2.51. The third-order valence-electron chi connectivity index (χ3n) is 4.66. The van der Waals surface area contributed by atoms with Crippen LogP contribution in [-0.2, 0) is 10.8 Å². The van der Waals surface area contributed by atoms with Crippen molar-refractivity contribution in [2.45, 2.75) is 52.4 Å². The summed E-state index contributed by atoms with van der Waals surface area (Å²) < 4.78 is 18.9. The van der Waals surface area contributed by atoms with E-state index in [1.807, 2.05) is 66.7 Å². The molecule has 0 aliphatic rings. The van der Waals surface area contributed by atoms with Gasteiger partial charge in [0, 0.05) is 11.1 Å². The fourth-order valence-corrected chi connectivity index (χ4v) is 4.16. The molecule has 0 unspecified atom stereocenters. The van der Waals surface area contributed by atoms with E-state index in [1.54, 1.807) is 0 Å². The van der Waals surface area contributed by atoms with Gasteiger partial charge in [-0.15, -0.1) is 0 Å². The second-order valence-corrected chi connectivity index (χ2v) is 10.3. The monoisotopic (exact) mass is 422 g/mol. The zero-order valence-corrected chi connectivity index (χ0v) is 19.6. The number of benzene rings is 3. The topological polar surface area (TPSA) is 27.7 Å². The lowest BCUT2D eigenvalue weighted by molar-refractivity contribution is 0.377. The second-order valence-electron chi connectivity index (χ2n) is 9.30. The highest BCUT2D eigenvalue weighted by molar-refractivity contribution is 7.43. The van der Waals surface area contributed by atoms with Crippen molar-refractivity contribution in [1.82, 2.24) is 0 Å². The second kappa shape index (κ2) is 9.10. The summed E-state index contributed by atoms with van der Waals surface area (Å²) in [6.07, 6.45) is 0. The fraction of sp³-hybridized carbons (Fsp3) is 0.308. The molecule has 4 heteroatoms. The molecule has 0 bridgehead atoms. The molecule has 0 saturated carbocycles. The van der Waals surface area contributed by atoms with Gasteiger partial charge in [0.25, 0.3) is 0 Å². The first-order valence-electron chi connectivity index (χ1n) is 10.2. The van der Waals surface area contributed by atoms with Crippen LogP contribution in [0.2, 0.25) is 0 Å². The average molecular weight is 423 g/mol. The Kier molecular flexibility index (Phi) is 6.73. The van der Waals surface area contributed by atoms with Gasteiger partial charge in [-0.2, -0.15) is 0 Å². The molecule has 0 heterocycles. The maximum absolute atomic E-state index is 6.37. The van der Waals surface area contributed by atoms with Crippen molar-refractivity contribution >= 4 is 8.60 Å². The third kappa shape index (κ3) is 5.77. The Morgan fingerprint density at radius 3 is 1.33 bits per heavy atom. The smallest absolute Gasteiger partial charge is 0.409 e. The van der Waals surface area contributed by atoms with Gasteiger partial charge in [-0.05, 0) is 35.1 Å². The van der Waals surface area contributed by atoms with Crippen LogP contribution >= 0.6 is 8.60 Å². The van der Waals surface area contributed by atoms with Gasteiger partial charge in [0.05, 0.1) is 0 Å². The number of hydrogen-bond donors (Lipinski definition) is 0. The van der Waals surface area contributed by atoms with Crippen molar-refractivity contribution in [2.75, 3.05) is 0 Å². The highest BCUT2D eigenvalue weighted by Gasteiger charge is 2.27. The van der Waals surface area contributed by atoms with Crippen molar-refractivity contribution < 1.29 is 13.6 Å². The number of para-hydroxylation sites is 3. The summed E-state index contributed by atoms with van der Waals surface area (Å²) in [5, 5.41) is 0. The largest absolute Gasteiger partial charge is 0.530 e. The van der Waals surface area contributed by atoms with Crippen molar-refractivity contribution in [3.8, 4) is 17.2 Å². The Bertz CT molecular complexity index is 896. The molecule has 0 aliphatic heterocycles. The first kappa shape index (κ1) is 22.2. The van der Waals surface area contributed by atoms with E-state index in [9.17, 15) is 0 Å². The quantitative estimate of drug-likeness (QED) is 0.376. The molecule has 0 fully saturated rings. The van der Waals surface area contributed by atoms with Crippen LogP contribution in [0.1, 0.15) is 52.7 Å². The van der Waals surface area contributed by atoms with Crippen molar-refractivity contribution in [1.29, 1.82) is 0 Å². The van der Waals surface area contributed by atoms with Crippen molar-refractivity contribution in [3.05, 3.63) is 90.0 Å². The molecule has 3 rings (SSSR count). The van der Waals surface area contributed by atoms with E-state index >= 15 is 0 Å². The Balaban J connectivity index is 1.95. The third-order valence-corrected chi connectivity index (χ3v) is 5.71. The summed E-state index contributed by atoms with van der Waals surface area (Å²) in [7, 11) is -1.72. The van der Waals surface area contributed by atoms with Gasteiger partial charge in [-0.1, -0.05) is 96.1 Å². The lowest BCUT2D eigenvalue weighted by Crippen LogP contribution is -2.15. The van der Waals surface area contributed by atoms with Crippen LogP contribution < -0.4 is 13.6 Å². The summed E-state index contributed by atoms with van der Waals surface area (Å²) >= 11 is 0. The molecular weight excluding hydrogens is 391 g/mol. The van der Waals surface area contributed by atoms with Crippen molar-refractivity contribution in [3.63, 3.8) is 0 Å². The summed E-state index contributed by atoms with van der Waals surface area (Å²) in [5.41, 5.74) is 2.10. The van der Waals surface area contributed by atoms with Crippen LogP contribution in [-0.4, -0.2) is 0 Å². The zero-order chi connectivity index (χ0) is 21.8. The Labute approximate surface area is 182 Å². The Morgan fingerprint density at radius 2 is 0.900 bits per heavy atom. The fourth-order valence-electron chi connectivity index (χ4n) is 3.12. The van der Waals surface area contributed by atoms with Gasteiger partial charge < -0.3 is 13.6 Å². The SMILES string of the molecule is CC(C)(C)c1ccccc1OP(Oc1ccccc1)Oc1ccccc1C(C)(C)C. The highest BCUT2D eigenvalue weighted by atomic mass is 31.2. The molecule has 3 nitrogen and oxygen atoms in total. The normalized spacial score (nSPS) is 12.0. The van der Waals surface area contributed by atoms with Gasteiger partial charge in [-0.3, -0.25) is 0 Å². The molecular formula is C26H31O3P. The van der Waals surface area contributed by atoms with E-state index in [-0.39, 0.29) is 10.8 Å². The lowest BCUT2D eigenvalue weighted by Gasteiger charge is -2.27. The predicted molar refractivity (Wildman–Crippen MR) is 126 cm³/mol. The van der Waals surface area contributed by atoms with Gasteiger partial charge in [-0.25, -0.2) is 0 Å². The highest BCUT2D eigenvalue weighted by Crippen LogP contribution is 2.46. The standard InChI is InChI=1S/C26H31O3P/c1-25(2,3)21-16-10-12-18-23(21)28-30(27-20-14-8-7-9-15-20)29-24-19-13-11-17-22(24)26(4,5)6/h7-19H,1-6H3. The van der Waals surface area contributed by atoms with Gasteiger partial charge >= 0.3 is 8.60 Å². The molecule has 3 aromatic carbocycles. The molecule has 0 saturated heterocycles. The van der Waals surface area contributed by atoms with Crippen LogP contribution in [0.5, 0.6) is 17.2 Å². The Morgan fingerprint density at radius 1 is 0.500 bits per heavy atom. The number of hydrogen-bond acceptors (Lipinski definition) is 3. The van der Waals surface area contributed by atoms with E-state index in [4.69, 9.17) is 13.6 Å². The molecule has 0 amide bonds. The van der Waals surface area contributed by atoms with Crippen molar-refractivity contribution in [2.24, 2.45) is 0 Å². The minimum Gasteiger partial charge on any atom is -0.409 e. The summed E-state index contributed by atoms with van der Waals surface area (Å²) in [6.45, 7) is 13.0. The molecule has 158 valence electrons. The molecule has 3 aromatic rings. The first-order valence-corrected chi connectivity index (χ1v) is 11.3. The van der Waals surface area contributed by atoms with Crippen LogP contribution in [0.4, 0.5) is 0 Å². The molecule has 0 aliphatic carbocycles. The molecule has 0 N–H and O–H groups in total. The maximum Gasteiger partial charge on any atom is 0.530 e. The molecule has 0 radical (unpaired) electrons. The molecule has 30 heavy (non-hydrogen) atoms. The minimum atomic E-state index is -1.72. The predicted octanol–water partition coefficient (Wildman–Crippen LogP) is 8.05. The van der Waals surface area contributed by atoms with E-state index in [2.05, 4.69) is 53.7 Å². The molecule has 0 spiro atoms. The van der Waals surface area contributed by atoms with E-state index < -0.39 is 8.60 Å². The van der Waals surface area contributed by atoms with Crippen LogP contribution in [0.3, 0.4) is 0 Å². The molecule has 0 atom stereocenters. The summed E-state index contributed by atoms with van der Waals surface area (Å²) in [5.74, 6) is 2.27. The number of rotatable bonds is 6. The molecule has 0 aromatic heterocycles. The van der Waals surface area contributed by atoms with E-state index in [0.29, 0.717) is 5.75 Å². The minimum absolute atomic E-state index is 0.0618.